The number of likely N-dealkylation sites (tertiary alicyclic amines) is 1. The molecular formula is C51H83N13O17. The van der Waals surface area contributed by atoms with E-state index in [1.165, 1.54) is 26.4 Å². The van der Waals surface area contributed by atoms with E-state index in [1.807, 2.05) is 0 Å². The fourth-order valence-electron chi connectivity index (χ4n) is 8.69. The number of nitrogens with one attached hydrogen (secondary N) is 9. The highest BCUT2D eigenvalue weighted by Crippen LogP contribution is 2.21. The molecule has 0 unspecified atom stereocenters. The van der Waals surface area contributed by atoms with Gasteiger partial charge in [0.05, 0.1) is 31.6 Å². The molecule has 2 heterocycles. The molecule has 0 spiro atoms. The van der Waals surface area contributed by atoms with Crippen molar-refractivity contribution in [3.05, 3.63) is 18.2 Å². The topological polar surface area (TPSA) is 483 Å². The minimum Gasteiger partial charge on any atom is -0.481 e. The number of nitrogens with two attached hydrogens (primary N) is 2. The molecule has 0 saturated carbocycles. The molecule has 1 fully saturated rings. The Morgan fingerprint density at radius 1 is 0.617 bits per heavy atom. The molecule has 30 heteroatoms. The molecule has 81 heavy (non-hydrogen) atoms. The van der Waals surface area contributed by atoms with Crippen molar-refractivity contribution in [1.29, 1.82) is 0 Å². The monoisotopic (exact) mass is 1150 g/mol. The van der Waals surface area contributed by atoms with Crippen LogP contribution < -0.4 is 54.0 Å². The number of H-pyrrole nitrogens is 1. The molecule has 1 aromatic rings. The summed E-state index contributed by atoms with van der Waals surface area (Å²) in [7, 11) is 0. The summed E-state index contributed by atoms with van der Waals surface area (Å²) in [6.07, 6.45) is 0.660. The van der Waals surface area contributed by atoms with Gasteiger partial charge in [0.25, 0.3) is 0 Å². The molecule has 0 aliphatic carbocycles. The number of aromatic amines is 1. The Bertz CT molecular complexity index is 2370. The molecule has 1 aliphatic rings. The maximum Gasteiger partial charge on any atom is 0.326 e. The number of carbonyl (C=O) groups excluding carboxylic acids is 9. The number of nitrogens with zero attached hydrogens (tertiary/aromatic N) is 2. The Balaban J connectivity index is 2.38. The van der Waals surface area contributed by atoms with Gasteiger partial charge >= 0.3 is 23.9 Å². The van der Waals surface area contributed by atoms with Gasteiger partial charge in [0, 0.05) is 24.9 Å². The number of aromatic nitrogens is 2. The van der Waals surface area contributed by atoms with Crippen LogP contribution in [0.1, 0.15) is 125 Å². The van der Waals surface area contributed by atoms with Crippen LogP contribution in [-0.2, 0) is 68.7 Å². The Morgan fingerprint density at radius 2 is 1.11 bits per heavy atom. The molecule has 17 N–H and O–H groups in total. The van der Waals surface area contributed by atoms with Crippen LogP contribution in [0.4, 0.5) is 0 Å². The number of carboxylic acids is 4. The molecule has 11 atom stereocenters. The molecule has 2 rings (SSSR count). The van der Waals surface area contributed by atoms with Crippen LogP contribution in [0.3, 0.4) is 0 Å². The molecular weight excluding hydrogens is 1070 g/mol. The highest BCUT2D eigenvalue weighted by molar-refractivity contribution is 6.00. The van der Waals surface area contributed by atoms with Crippen molar-refractivity contribution in [1.82, 2.24) is 57.4 Å². The van der Waals surface area contributed by atoms with E-state index in [4.69, 9.17) is 16.6 Å². The summed E-state index contributed by atoms with van der Waals surface area (Å²) in [6, 6.07) is -14.9. The zero-order valence-corrected chi connectivity index (χ0v) is 47.1. The van der Waals surface area contributed by atoms with Crippen LogP contribution in [0.5, 0.6) is 0 Å². The summed E-state index contributed by atoms with van der Waals surface area (Å²) in [4.78, 5) is 179. The van der Waals surface area contributed by atoms with Gasteiger partial charge in [-0.05, 0) is 68.7 Å². The first-order chi connectivity index (χ1) is 37.9. The maximum atomic E-state index is 14.1. The first kappa shape index (κ1) is 69.3. The summed E-state index contributed by atoms with van der Waals surface area (Å²) in [5, 5.41) is 58.3. The van der Waals surface area contributed by atoms with Crippen LogP contribution in [0, 0.1) is 23.7 Å². The van der Waals surface area contributed by atoms with Crippen LogP contribution >= 0.6 is 0 Å². The standard InChI is InChI=1S/C51H83N13O17/c1-9-27(8)41(49(78)62-40(26(6)7)48(77)60-34(51(80)81)17-24(2)3)63-43(72)30(13-10-11-15-52)56-45(74)32(20-37(67)68)58-47(76)39(25(4)5)61-46(75)35-14-12-16-64(35)50(79)33(21-38(69)70)59-44(73)31(18-28-22-54-23-55-28)57-42(71)29(53)19-36(65)66/h22-27,29-35,39-41H,9-21,52-53H2,1-8H3,(H,54,55)(H,56,74)(H,57,71)(H,58,76)(H,59,73)(H,60,77)(H,61,75)(H,62,78)(H,63,72)(H,65,66)(H,67,68)(H,69,70)(H,80,81)/t27-,29-,30-,31-,32-,33-,34-,35-,39-,40-,41-/m0/s1. The zero-order chi connectivity index (χ0) is 61.4. The largest absolute Gasteiger partial charge is 0.481 e. The third kappa shape index (κ3) is 23.1. The van der Waals surface area contributed by atoms with Crippen LogP contribution in [0.25, 0.3) is 0 Å². The average molecular weight is 1150 g/mol. The molecule has 30 nitrogen and oxygen atoms in total. The van der Waals surface area contributed by atoms with E-state index in [9.17, 15) is 77.6 Å². The average Bonchev–Trinajstić information content (AvgIpc) is 4.13. The zero-order valence-electron chi connectivity index (χ0n) is 47.1. The maximum absolute atomic E-state index is 14.1. The van der Waals surface area contributed by atoms with Gasteiger partial charge in [-0.1, -0.05) is 61.8 Å². The van der Waals surface area contributed by atoms with Crippen molar-refractivity contribution >= 4 is 77.0 Å². The molecule has 1 aromatic heterocycles. The lowest BCUT2D eigenvalue weighted by molar-refractivity contribution is -0.146. The van der Waals surface area contributed by atoms with Crippen molar-refractivity contribution in [2.75, 3.05) is 13.1 Å². The van der Waals surface area contributed by atoms with E-state index in [2.05, 4.69) is 52.5 Å². The number of carbonyl (C=O) groups is 13. The summed E-state index contributed by atoms with van der Waals surface area (Å²) in [5.41, 5.74) is 11.7. The SMILES string of the molecule is CC[C@H](C)[C@H](NC(=O)[C@H](CCCCN)NC(=O)[C@H](CC(=O)O)NC(=O)[C@@H](NC(=O)[C@@H]1CCCN1C(=O)[C@H](CC(=O)O)NC(=O)[C@H](Cc1cnc[nH]1)NC(=O)[C@@H](N)CC(=O)O)C(C)C)C(=O)N[C@H](C(=O)N[C@@H](CC(C)C)C(=O)O)C(C)C. The smallest absolute Gasteiger partial charge is 0.326 e. The molecule has 0 aromatic carbocycles. The van der Waals surface area contributed by atoms with Crippen LogP contribution in [0.2, 0.25) is 0 Å². The third-order valence-electron chi connectivity index (χ3n) is 13.4. The summed E-state index contributed by atoms with van der Waals surface area (Å²) in [6.45, 7) is 13.3. The van der Waals surface area contributed by atoms with Gasteiger partial charge in [0.2, 0.25) is 53.2 Å². The number of imidazole rings is 1. The normalized spacial score (nSPS) is 16.9. The summed E-state index contributed by atoms with van der Waals surface area (Å²) >= 11 is 0. The molecule has 0 radical (unpaired) electrons. The van der Waals surface area contributed by atoms with Gasteiger partial charge in [-0.15, -0.1) is 0 Å². The Kier molecular flexibility index (Phi) is 28.9. The molecule has 1 aliphatic heterocycles. The van der Waals surface area contributed by atoms with E-state index in [0.717, 1.165) is 4.90 Å². The van der Waals surface area contributed by atoms with E-state index >= 15 is 0 Å². The Hall–Kier alpha value is -7.76. The highest BCUT2D eigenvalue weighted by Gasteiger charge is 2.42. The fourth-order valence-corrected chi connectivity index (χ4v) is 8.69. The predicted molar refractivity (Wildman–Crippen MR) is 286 cm³/mol. The lowest BCUT2D eigenvalue weighted by Gasteiger charge is -2.31. The first-order valence-electron chi connectivity index (χ1n) is 27.0. The Labute approximate surface area is 468 Å². The van der Waals surface area contributed by atoms with Crippen molar-refractivity contribution in [2.45, 2.75) is 186 Å². The van der Waals surface area contributed by atoms with E-state index < -0.39 is 174 Å². The van der Waals surface area contributed by atoms with Gasteiger partial charge in [0.1, 0.15) is 54.4 Å². The van der Waals surface area contributed by atoms with E-state index in [1.54, 1.807) is 41.5 Å². The van der Waals surface area contributed by atoms with Crippen molar-refractivity contribution in [3.8, 4) is 0 Å². The summed E-state index contributed by atoms with van der Waals surface area (Å²) < 4.78 is 0. The fraction of sp³-hybridized carbons (Fsp3) is 0.686. The highest BCUT2D eigenvalue weighted by atomic mass is 16.4. The quantitative estimate of drug-likeness (QED) is 0.0302. The number of unbranched alkanes of at least 4 members (excludes halogenated alkanes) is 1. The van der Waals surface area contributed by atoms with Gasteiger partial charge in [-0.3, -0.25) is 57.5 Å². The predicted octanol–water partition coefficient (Wildman–Crippen LogP) is -2.81. The minimum atomic E-state index is -1.87. The molecule has 0 bridgehead atoms. The van der Waals surface area contributed by atoms with Gasteiger partial charge in [0.15, 0.2) is 0 Å². The lowest BCUT2D eigenvalue weighted by atomic mass is 9.95. The number of rotatable bonds is 36. The number of carboxylic acid groups (broad SMARTS) is 4. The molecule has 1 saturated heterocycles. The van der Waals surface area contributed by atoms with Gasteiger partial charge in [-0.2, -0.15) is 0 Å². The van der Waals surface area contributed by atoms with Crippen LogP contribution in [-0.4, -0.2) is 186 Å². The number of amides is 9. The minimum absolute atomic E-state index is 0.00574. The second-order valence-electron chi connectivity index (χ2n) is 21.3. The van der Waals surface area contributed by atoms with Gasteiger partial charge < -0.3 is 84.3 Å². The van der Waals surface area contributed by atoms with E-state index in [-0.39, 0.29) is 57.5 Å². The van der Waals surface area contributed by atoms with Crippen molar-refractivity contribution in [3.63, 3.8) is 0 Å². The number of aliphatic carboxylic acids is 4. The first-order valence-corrected chi connectivity index (χ1v) is 27.0. The lowest BCUT2D eigenvalue weighted by Crippen LogP contribution is -2.62. The van der Waals surface area contributed by atoms with Crippen molar-refractivity contribution < 1.29 is 82.8 Å². The molecule has 9 amide bonds. The summed E-state index contributed by atoms with van der Waals surface area (Å²) in [5.74, 6) is -16.5. The van der Waals surface area contributed by atoms with Crippen molar-refractivity contribution in [2.24, 2.45) is 35.1 Å². The molecule has 454 valence electrons. The van der Waals surface area contributed by atoms with Gasteiger partial charge in [-0.25, -0.2) is 9.78 Å². The van der Waals surface area contributed by atoms with E-state index in [0.29, 0.717) is 18.5 Å². The second kappa shape index (κ2) is 33.7. The number of hydrogen-bond acceptors (Lipinski definition) is 16. The second-order valence-corrected chi connectivity index (χ2v) is 21.3. The number of hydrogen-bond donors (Lipinski definition) is 15. The van der Waals surface area contributed by atoms with Crippen LogP contribution in [0.15, 0.2) is 12.5 Å². The third-order valence-corrected chi connectivity index (χ3v) is 13.4. The Morgan fingerprint density at radius 3 is 1.63 bits per heavy atom.